The Hall–Kier alpha value is -3.50. The summed E-state index contributed by atoms with van der Waals surface area (Å²) in [4.78, 5) is 11.6. The Labute approximate surface area is 235 Å². The average molecular weight is 639 g/mol. The van der Waals surface area contributed by atoms with E-state index in [0.29, 0.717) is 30.3 Å². The first kappa shape index (κ1) is 31.4. The van der Waals surface area contributed by atoms with Gasteiger partial charge in [0, 0.05) is 24.7 Å². The Balaban J connectivity index is 1.54. The first-order valence-electron chi connectivity index (χ1n) is 12.1. The summed E-state index contributed by atoms with van der Waals surface area (Å²) >= 11 is 0. The van der Waals surface area contributed by atoms with E-state index in [0.717, 1.165) is 11.0 Å². The molecule has 0 atom stereocenters. The van der Waals surface area contributed by atoms with Crippen LogP contribution >= 0.6 is 0 Å². The molecule has 1 amide bonds. The van der Waals surface area contributed by atoms with E-state index in [4.69, 9.17) is 0 Å². The van der Waals surface area contributed by atoms with Crippen LogP contribution in [0.5, 0.6) is 0 Å². The number of halogens is 7. The van der Waals surface area contributed by atoms with Crippen molar-refractivity contribution in [2.24, 2.45) is 0 Å². The van der Waals surface area contributed by atoms with Gasteiger partial charge in [-0.25, -0.2) is 25.9 Å². The minimum absolute atomic E-state index is 0.0998. The average Bonchev–Trinajstić information content (AvgIpc) is 2.92. The molecule has 1 saturated heterocycles. The van der Waals surface area contributed by atoms with Gasteiger partial charge in [-0.3, -0.25) is 4.79 Å². The third kappa shape index (κ3) is 6.60. The van der Waals surface area contributed by atoms with Gasteiger partial charge in [0.25, 0.3) is 5.91 Å². The largest absolute Gasteiger partial charge is 0.419 e. The SMILES string of the molecule is O=C(c1ccc(C(F)(F)F)c(F)c1)N1CCC(NS(=O)(=O)c2cc(S(=O)(=O)c3ccccc3)ccc2C(F)(F)F)CC1. The minimum atomic E-state index is -5.15. The maximum atomic E-state index is 13.9. The molecule has 0 saturated carbocycles. The van der Waals surface area contributed by atoms with Crippen molar-refractivity contribution in [1.82, 2.24) is 9.62 Å². The Morgan fingerprint density at radius 1 is 0.762 bits per heavy atom. The molecule has 7 nitrogen and oxygen atoms in total. The number of rotatable bonds is 6. The van der Waals surface area contributed by atoms with Gasteiger partial charge in [0.1, 0.15) is 5.82 Å². The molecule has 0 aliphatic carbocycles. The third-order valence-electron chi connectivity index (χ3n) is 6.54. The third-order valence-corrected chi connectivity index (χ3v) is 9.86. The Morgan fingerprint density at radius 3 is 1.88 bits per heavy atom. The molecule has 0 aromatic heterocycles. The Kier molecular flexibility index (Phi) is 8.46. The van der Waals surface area contributed by atoms with Gasteiger partial charge >= 0.3 is 12.4 Å². The quantitative estimate of drug-likeness (QED) is 0.371. The maximum Gasteiger partial charge on any atom is 0.419 e. The molecule has 0 spiro atoms. The molecule has 1 fully saturated rings. The number of likely N-dealkylation sites (tertiary alicyclic amines) is 1. The van der Waals surface area contributed by atoms with Crippen molar-refractivity contribution >= 4 is 25.8 Å². The van der Waals surface area contributed by atoms with Gasteiger partial charge in [-0.1, -0.05) is 18.2 Å². The van der Waals surface area contributed by atoms with E-state index in [1.165, 1.54) is 30.3 Å². The van der Waals surface area contributed by atoms with Crippen molar-refractivity contribution in [2.75, 3.05) is 13.1 Å². The van der Waals surface area contributed by atoms with Gasteiger partial charge < -0.3 is 4.90 Å². The van der Waals surface area contributed by atoms with E-state index < -0.39 is 70.9 Å². The zero-order valence-corrected chi connectivity index (χ0v) is 22.8. The van der Waals surface area contributed by atoms with Crippen LogP contribution in [0, 0.1) is 5.82 Å². The number of hydrogen-bond acceptors (Lipinski definition) is 5. The first-order chi connectivity index (χ1) is 19.4. The highest BCUT2D eigenvalue weighted by Gasteiger charge is 2.39. The number of amides is 1. The summed E-state index contributed by atoms with van der Waals surface area (Å²) in [6.07, 6.45) is -10.3. The van der Waals surface area contributed by atoms with Crippen molar-refractivity contribution in [1.29, 1.82) is 0 Å². The van der Waals surface area contributed by atoms with E-state index in [2.05, 4.69) is 4.72 Å². The van der Waals surface area contributed by atoms with Crippen molar-refractivity contribution < 1.29 is 52.4 Å². The normalized spacial score (nSPS) is 15.5. The fourth-order valence-electron chi connectivity index (χ4n) is 4.41. The number of sulfonamides is 1. The standard InChI is InChI=1S/C26H21F7N2O5S2/c27-22-14-16(6-8-20(22)25(28,29)30)24(36)35-12-10-17(11-13-35)34-42(39,40)23-15-19(7-9-21(23)26(31,32)33)41(37,38)18-4-2-1-3-5-18/h1-9,14-15,17,34H,10-13H2. The number of alkyl halides is 6. The van der Waals surface area contributed by atoms with Crippen molar-refractivity contribution in [2.45, 2.75) is 45.9 Å². The van der Waals surface area contributed by atoms with E-state index in [9.17, 15) is 52.4 Å². The lowest BCUT2D eigenvalue weighted by Gasteiger charge is -2.32. The van der Waals surface area contributed by atoms with Crippen LogP contribution in [0.2, 0.25) is 0 Å². The number of hydrogen-bond donors (Lipinski definition) is 1. The molecular weight excluding hydrogens is 617 g/mol. The summed E-state index contributed by atoms with van der Waals surface area (Å²) in [5.41, 5.74) is -3.50. The molecule has 42 heavy (non-hydrogen) atoms. The van der Waals surface area contributed by atoms with Gasteiger partial charge in [-0.2, -0.15) is 26.3 Å². The molecule has 226 valence electrons. The van der Waals surface area contributed by atoms with Gasteiger partial charge in [0.15, 0.2) is 0 Å². The monoisotopic (exact) mass is 638 g/mol. The van der Waals surface area contributed by atoms with Gasteiger partial charge in [0.05, 0.1) is 25.8 Å². The van der Waals surface area contributed by atoms with E-state index in [-0.39, 0.29) is 36.4 Å². The van der Waals surface area contributed by atoms with Gasteiger partial charge in [-0.05, 0) is 61.4 Å². The highest BCUT2D eigenvalue weighted by molar-refractivity contribution is 7.91. The summed E-state index contributed by atoms with van der Waals surface area (Å²) in [7, 11) is -9.31. The molecule has 3 aromatic rings. The van der Waals surface area contributed by atoms with Crippen LogP contribution < -0.4 is 4.72 Å². The van der Waals surface area contributed by atoms with Crippen LogP contribution in [0.1, 0.15) is 34.3 Å². The van der Waals surface area contributed by atoms with Crippen molar-refractivity contribution in [3.8, 4) is 0 Å². The molecule has 1 N–H and O–H groups in total. The van der Waals surface area contributed by atoms with Gasteiger partial charge in [-0.15, -0.1) is 0 Å². The maximum absolute atomic E-state index is 13.9. The molecule has 1 heterocycles. The first-order valence-corrected chi connectivity index (χ1v) is 15.1. The number of nitrogens with zero attached hydrogens (tertiary/aromatic N) is 1. The fraction of sp³-hybridized carbons (Fsp3) is 0.269. The molecule has 0 bridgehead atoms. The lowest BCUT2D eigenvalue weighted by molar-refractivity contribution is -0.140. The summed E-state index contributed by atoms with van der Waals surface area (Å²) in [6.45, 7) is -0.299. The predicted octanol–water partition coefficient (Wildman–Crippen LogP) is 5.28. The Morgan fingerprint density at radius 2 is 1.33 bits per heavy atom. The summed E-state index contributed by atoms with van der Waals surface area (Å²) in [5.74, 6) is -2.46. The Bertz CT molecular complexity index is 1700. The van der Waals surface area contributed by atoms with Crippen LogP contribution in [0.25, 0.3) is 0 Å². The second-order valence-electron chi connectivity index (χ2n) is 9.35. The van der Waals surface area contributed by atoms with E-state index in [1.54, 1.807) is 0 Å². The van der Waals surface area contributed by atoms with Crippen LogP contribution in [-0.2, 0) is 32.2 Å². The summed E-state index contributed by atoms with van der Waals surface area (Å²) in [5, 5.41) is 0. The summed E-state index contributed by atoms with van der Waals surface area (Å²) in [6, 6.07) is 8.87. The predicted molar refractivity (Wildman–Crippen MR) is 134 cm³/mol. The molecule has 0 unspecified atom stereocenters. The second kappa shape index (κ2) is 11.3. The van der Waals surface area contributed by atoms with Crippen LogP contribution in [-0.4, -0.2) is 46.8 Å². The number of sulfone groups is 1. The fourth-order valence-corrected chi connectivity index (χ4v) is 7.35. The van der Waals surface area contributed by atoms with E-state index >= 15 is 0 Å². The lowest BCUT2D eigenvalue weighted by atomic mass is 10.0. The number of nitrogens with one attached hydrogen (secondary N) is 1. The number of benzene rings is 3. The number of carbonyl (C=O) groups is 1. The van der Waals surface area contributed by atoms with Crippen molar-refractivity contribution in [3.05, 3.63) is 89.2 Å². The number of carbonyl (C=O) groups excluding carboxylic acids is 1. The molecule has 0 radical (unpaired) electrons. The van der Waals surface area contributed by atoms with Crippen LogP contribution in [0.15, 0.2) is 81.4 Å². The van der Waals surface area contributed by atoms with E-state index in [1.807, 2.05) is 0 Å². The van der Waals surface area contributed by atoms with Gasteiger partial charge in [0.2, 0.25) is 19.9 Å². The van der Waals surface area contributed by atoms with Crippen LogP contribution in [0.3, 0.4) is 0 Å². The second-order valence-corrected chi connectivity index (χ2v) is 13.0. The molecule has 3 aromatic carbocycles. The smallest absolute Gasteiger partial charge is 0.339 e. The topological polar surface area (TPSA) is 101 Å². The highest BCUT2D eigenvalue weighted by Crippen LogP contribution is 2.37. The molecule has 16 heteroatoms. The summed E-state index contributed by atoms with van der Waals surface area (Å²) < 4.78 is 148. The van der Waals surface area contributed by atoms with Crippen molar-refractivity contribution in [3.63, 3.8) is 0 Å². The molecule has 4 rings (SSSR count). The highest BCUT2D eigenvalue weighted by atomic mass is 32.2. The minimum Gasteiger partial charge on any atom is -0.339 e. The lowest BCUT2D eigenvalue weighted by Crippen LogP contribution is -2.46. The number of piperidine rings is 1. The molecule has 1 aliphatic heterocycles. The zero-order valence-electron chi connectivity index (χ0n) is 21.2. The molecular formula is C26H21F7N2O5S2. The molecule has 1 aliphatic rings. The zero-order chi connectivity index (χ0) is 31.1. The van der Waals surface area contributed by atoms with Crippen LogP contribution in [0.4, 0.5) is 30.7 Å².